The number of amides is 1. The predicted molar refractivity (Wildman–Crippen MR) is 104 cm³/mol. The zero-order valence-corrected chi connectivity index (χ0v) is 15.7. The first kappa shape index (κ1) is 17.9. The summed E-state index contributed by atoms with van der Waals surface area (Å²) < 4.78 is 6.58. The number of carbonyl (C=O) groups excluding carboxylic acids is 1. The minimum Gasteiger partial charge on any atom is -0.493 e. The average molecular weight is 413 g/mol. The summed E-state index contributed by atoms with van der Waals surface area (Å²) in [5.74, 6) is 0.354. The third-order valence-corrected chi connectivity index (χ3v) is 4.06. The van der Waals surface area contributed by atoms with Crippen molar-refractivity contribution in [2.45, 2.75) is 6.92 Å². The molecule has 0 aliphatic carbocycles. The lowest BCUT2D eigenvalue weighted by molar-refractivity contribution is 0.0950. The van der Waals surface area contributed by atoms with E-state index >= 15 is 0 Å². The normalized spacial score (nSPS) is 10.8. The number of nitrogens with one attached hydrogen (secondary N) is 2. The Kier molecular flexibility index (Phi) is 5.80. The van der Waals surface area contributed by atoms with Crippen molar-refractivity contribution >= 4 is 28.1 Å². The van der Waals surface area contributed by atoms with Crippen LogP contribution in [-0.2, 0) is 0 Å². The van der Waals surface area contributed by atoms with Crippen molar-refractivity contribution in [1.82, 2.24) is 15.6 Å². The number of nitrogens with zero attached hydrogens (tertiary/aromatic N) is 2. The van der Waals surface area contributed by atoms with Crippen molar-refractivity contribution in [1.29, 1.82) is 0 Å². The Hall–Kier alpha value is -2.93. The average Bonchev–Trinajstić information content (AvgIpc) is 3.14. The maximum Gasteiger partial charge on any atom is 0.289 e. The number of hydrazone groups is 1. The monoisotopic (exact) mass is 412 g/mol. The molecule has 0 saturated carbocycles. The first-order valence-corrected chi connectivity index (χ1v) is 8.83. The van der Waals surface area contributed by atoms with Crippen LogP contribution < -0.4 is 10.2 Å². The van der Waals surface area contributed by atoms with Crippen LogP contribution in [0.25, 0.3) is 11.3 Å². The molecule has 0 radical (unpaired) electrons. The van der Waals surface area contributed by atoms with E-state index in [1.165, 1.54) is 0 Å². The molecule has 0 aliphatic heterocycles. The van der Waals surface area contributed by atoms with Crippen LogP contribution in [0.4, 0.5) is 0 Å². The molecule has 1 aromatic heterocycles. The van der Waals surface area contributed by atoms with Crippen LogP contribution in [0.3, 0.4) is 0 Å². The van der Waals surface area contributed by atoms with Crippen molar-refractivity contribution < 1.29 is 9.53 Å². The molecule has 0 aliphatic rings. The summed E-state index contributed by atoms with van der Waals surface area (Å²) in [4.78, 5) is 12.2. The molecule has 1 heterocycles. The van der Waals surface area contributed by atoms with Gasteiger partial charge in [0.25, 0.3) is 5.91 Å². The number of aromatic amines is 1. The number of halogens is 1. The SMILES string of the molecule is CCOc1ccccc1-c1cc(C(=O)NN=Cc2ccc(Br)cc2)[nH]n1. The lowest BCUT2D eigenvalue weighted by Crippen LogP contribution is -2.17. The molecule has 3 aromatic rings. The van der Waals surface area contributed by atoms with Crippen molar-refractivity contribution in [2.75, 3.05) is 6.61 Å². The number of para-hydroxylation sites is 1. The Balaban J connectivity index is 1.69. The second kappa shape index (κ2) is 8.44. The van der Waals surface area contributed by atoms with Crippen LogP contribution in [0.2, 0.25) is 0 Å². The Morgan fingerprint density at radius 2 is 2.04 bits per heavy atom. The zero-order valence-electron chi connectivity index (χ0n) is 14.1. The van der Waals surface area contributed by atoms with E-state index in [9.17, 15) is 4.79 Å². The highest BCUT2D eigenvalue weighted by Gasteiger charge is 2.13. The van der Waals surface area contributed by atoms with Crippen molar-refractivity contribution in [3.05, 3.63) is 70.3 Å². The number of hydrogen-bond acceptors (Lipinski definition) is 4. The summed E-state index contributed by atoms with van der Waals surface area (Å²) in [7, 11) is 0. The van der Waals surface area contributed by atoms with E-state index in [1.807, 2.05) is 55.5 Å². The standard InChI is InChI=1S/C19H17BrN4O2/c1-2-26-18-6-4-3-5-15(18)16-11-17(23-22-16)19(25)24-21-12-13-7-9-14(20)10-8-13/h3-12H,2H2,1H3,(H,22,23)(H,24,25). The smallest absolute Gasteiger partial charge is 0.289 e. The fourth-order valence-corrected chi connectivity index (χ4v) is 2.57. The molecular formula is C19H17BrN4O2. The van der Waals surface area contributed by atoms with Crippen LogP contribution in [0.15, 0.2) is 64.2 Å². The molecule has 1 amide bonds. The summed E-state index contributed by atoms with van der Waals surface area (Å²) in [5.41, 5.74) is 5.14. The molecule has 0 fully saturated rings. The van der Waals surface area contributed by atoms with Gasteiger partial charge in [-0.3, -0.25) is 9.89 Å². The van der Waals surface area contributed by atoms with Gasteiger partial charge in [0.2, 0.25) is 0 Å². The van der Waals surface area contributed by atoms with E-state index in [-0.39, 0.29) is 5.91 Å². The molecule has 3 rings (SSSR count). The van der Waals surface area contributed by atoms with Crippen LogP contribution in [0.1, 0.15) is 23.0 Å². The Bertz CT molecular complexity index is 919. The van der Waals surface area contributed by atoms with Gasteiger partial charge in [0.1, 0.15) is 11.4 Å². The van der Waals surface area contributed by atoms with Gasteiger partial charge >= 0.3 is 0 Å². The highest BCUT2D eigenvalue weighted by atomic mass is 79.9. The number of benzene rings is 2. The minimum atomic E-state index is -0.369. The molecule has 7 heteroatoms. The molecular weight excluding hydrogens is 396 g/mol. The lowest BCUT2D eigenvalue weighted by atomic mass is 10.1. The molecule has 2 aromatic carbocycles. The highest BCUT2D eigenvalue weighted by Crippen LogP contribution is 2.28. The number of carbonyl (C=O) groups is 1. The van der Waals surface area contributed by atoms with Gasteiger partial charge in [-0.05, 0) is 42.8 Å². The van der Waals surface area contributed by atoms with Crippen LogP contribution in [0.5, 0.6) is 5.75 Å². The van der Waals surface area contributed by atoms with Crippen molar-refractivity contribution in [2.24, 2.45) is 5.10 Å². The topological polar surface area (TPSA) is 79.4 Å². The molecule has 2 N–H and O–H groups in total. The molecule has 6 nitrogen and oxygen atoms in total. The predicted octanol–water partition coefficient (Wildman–Crippen LogP) is 4.00. The summed E-state index contributed by atoms with van der Waals surface area (Å²) >= 11 is 3.37. The Labute approximate surface area is 159 Å². The van der Waals surface area contributed by atoms with Gasteiger partial charge in [0.05, 0.1) is 18.5 Å². The van der Waals surface area contributed by atoms with E-state index in [0.717, 1.165) is 21.3 Å². The minimum absolute atomic E-state index is 0.319. The number of H-pyrrole nitrogens is 1. The van der Waals surface area contributed by atoms with Gasteiger partial charge in [-0.2, -0.15) is 10.2 Å². The molecule has 0 atom stereocenters. The quantitative estimate of drug-likeness (QED) is 0.474. The molecule has 132 valence electrons. The maximum absolute atomic E-state index is 12.2. The number of ether oxygens (including phenoxy) is 1. The molecule has 0 saturated heterocycles. The summed E-state index contributed by atoms with van der Waals surface area (Å²) in [6.07, 6.45) is 1.58. The van der Waals surface area contributed by atoms with E-state index in [4.69, 9.17) is 4.74 Å². The van der Waals surface area contributed by atoms with E-state index < -0.39 is 0 Å². The van der Waals surface area contributed by atoms with E-state index in [0.29, 0.717) is 18.0 Å². The summed E-state index contributed by atoms with van der Waals surface area (Å²) in [6, 6.07) is 16.8. The van der Waals surface area contributed by atoms with Crippen LogP contribution in [0, 0.1) is 0 Å². The third-order valence-electron chi connectivity index (χ3n) is 3.54. The van der Waals surface area contributed by atoms with Gasteiger partial charge in [-0.15, -0.1) is 0 Å². The second-order valence-corrected chi connectivity index (χ2v) is 6.26. The largest absolute Gasteiger partial charge is 0.493 e. The lowest BCUT2D eigenvalue weighted by Gasteiger charge is -2.07. The van der Waals surface area contributed by atoms with Crippen molar-refractivity contribution in [3.8, 4) is 17.0 Å². The number of rotatable bonds is 6. The summed E-state index contributed by atoms with van der Waals surface area (Å²) in [6.45, 7) is 2.48. The van der Waals surface area contributed by atoms with Crippen LogP contribution >= 0.6 is 15.9 Å². The Morgan fingerprint density at radius 3 is 2.81 bits per heavy atom. The van der Waals surface area contributed by atoms with Gasteiger partial charge < -0.3 is 4.74 Å². The van der Waals surface area contributed by atoms with Gasteiger partial charge in [0, 0.05) is 10.0 Å². The Morgan fingerprint density at radius 1 is 1.27 bits per heavy atom. The van der Waals surface area contributed by atoms with Crippen LogP contribution in [-0.4, -0.2) is 28.9 Å². The van der Waals surface area contributed by atoms with Crippen molar-refractivity contribution in [3.63, 3.8) is 0 Å². The van der Waals surface area contributed by atoms with Gasteiger partial charge in [0.15, 0.2) is 0 Å². The third kappa shape index (κ3) is 4.37. The molecule has 0 spiro atoms. The number of aromatic nitrogens is 2. The highest BCUT2D eigenvalue weighted by molar-refractivity contribution is 9.10. The fourth-order valence-electron chi connectivity index (χ4n) is 2.31. The van der Waals surface area contributed by atoms with E-state index in [2.05, 4.69) is 36.7 Å². The molecule has 26 heavy (non-hydrogen) atoms. The fraction of sp³-hybridized carbons (Fsp3) is 0.105. The molecule has 0 unspecified atom stereocenters. The number of hydrogen-bond donors (Lipinski definition) is 2. The molecule has 0 bridgehead atoms. The van der Waals surface area contributed by atoms with Gasteiger partial charge in [-0.25, -0.2) is 5.43 Å². The first-order valence-electron chi connectivity index (χ1n) is 8.04. The van der Waals surface area contributed by atoms with Gasteiger partial charge in [-0.1, -0.05) is 40.2 Å². The summed E-state index contributed by atoms with van der Waals surface area (Å²) in [5, 5.41) is 10.9. The zero-order chi connectivity index (χ0) is 18.4. The maximum atomic E-state index is 12.2. The van der Waals surface area contributed by atoms with E-state index in [1.54, 1.807) is 12.3 Å². The second-order valence-electron chi connectivity index (χ2n) is 5.35. The first-order chi connectivity index (χ1) is 12.7.